The zero-order chi connectivity index (χ0) is 15.3. The molecule has 124 valence electrons. The fourth-order valence-corrected chi connectivity index (χ4v) is 4.37. The largest absolute Gasteiger partial charge is 0.314 e. The Labute approximate surface area is 130 Å². The number of nitrogens with zero attached hydrogens (tertiary/aromatic N) is 2. The van der Waals surface area contributed by atoms with Crippen LogP contribution in [-0.4, -0.2) is 68.7 Å². The Balaban J connectivity index is 1.67. The first kappa shape index (κ1) is 17.2. The first-order chi connectivity index (χ1) is 10.0. The summed E-state index contributed by atoms with van der Waals surface area (Å²) in [4.78, 5) is 2.39. The Bertz CT molecular complexity index is 409. The molecule has 6 heteroatoms. The van der Waals surface area contributed by atoms with Crippen LogP contribution in [0.5, 0.6) is 0 Å². The minimum Gasteiger partial charge on any atom is -0.314 e. The van der Waals surface area contributed by atoms with Crippen molar-refractivity contribution in [2.24, 2.45) is 0 Å². The van der Waals surface area contributed by atoms with Gasteiger partial charge >= 0.3 is 0 Å². The number of likely N-dealkylation sites (tertiary alicyclic amines) is 1. The summed E-state index contributed by atoms with van der Waals surface area (Å²) in [5.74, 6) is 0.286. The van der Waals surface area contributed by atoms with Crippen LogP contribution in [-0.2, 0) is 10.0 Å². The SMILES string of the molecule is CCN1CCCC1CN(C)S(=O)(=O)CCCCNC1CC1. The van der Waals surface area contributed by atoms with Crippen LogP contribution in [0.4, 0.5) is 0 Å². The lowest BCUT2D eigenvalue weighted by atomic mass is 10.2. The molecule has 0 aromatic rings. The smallest absolute Gasteiger partial charge is 0.213 e. The number of sulfonamides is 1. The molecule has 1 atom stereocenters. The van der Waals surface area contributed by atoms with E-state index in [1.807, 2.05) is 0 Å². The standard InChI is InChI=1S/C15H31N3O2S/c1-3-18-11-6-7-15(18)13-17(2)21(19,20)12-5-4-10-16-14-8-9-14/h14-16H,3-13H2,1-2H3. The molecule has 21 heavy (non-hydrogen) atoms. The van der Waals surface area contributed by atoms with Crippen molar-refractivity contribution < 1.29 is 8.42 Å². The first-order valence-corrected chi connectivity index (χ1v) is 10.1. The third kappa shape index (κ3) is 5.51. The van der Waals surface area contributed by atoms with Crippen LogP contribution in [0.2, 0.25) is 0 Å². The van der Waals surface area contributed by atoms with E-state index in [0.717, 1.165) is 38.9 Å². The van der Waals surface area contributed by atoms with Crippen LogP contribution in [0.25, 0.3) is 0 Å². The second-order valence-electron chi connectivity index (χ2n) is 6.46. The number of nitrogens with one attached hydrogen (secondary N) is 1. The second kappa shape index (κ2) is 7.90. The maximum absolute atomic E-state index is 12.3. The van der Waals surface area contributed by atoms with E-state index >= 15 is 0 Å². The quantitative estimate of drug-likeness (QED) is 0.617. The molecule has 1 saturated heterocycles. The molecule has 1 N–H and O–H groups in total. The van der Waals surface area contributed by atoms with Gasteiger partial charge in [-0.2, -0.15) is 0 Å². The van der Waals surface area contributed by atoms with Gasteiger partial charge in [-0.05, 0) is 58.2 Å². The van der Waals surface area contributed by atoms with E-state index < -0.39 is 10.0 Å². The summed E-state index contributed by atoms with van der Waals surface area (Å²) in [6, 6.07) is 1.12. The molecule has 2 rings (SSSR count). The summed E-state index contributed by atoms with van der Waals surface area (Å²) in [5, 5.41) is 3.43. The molecule has 1 aliphatic carbocycles. The van der Waals surface area contributed by atoms with Gasteiger partial charge in [-0.1, -0.05) is 6.92 Å². The van der Waals surface area contributed by atoms with Gasteiger partial charge in [0, 0.05) is 25.7 Å². The minimum atomic E-state index is -3.09. The van der Waals surface area contributed by atoms with Gasteiger partial charge in [0.25, 0.3) is 0 Å². The molecular weight excluding hydrogens is 286 g/mol. The number of hydrogen-bond donors (Lipinski definition) is 1. The topological polar surface area (TPSA) is 52.7 Å². The van der Waals surface area contributed by atoms with Gasteiger partial charge in [0.2, 0.25) is 10.0 Å². The zero-order valence-corrected chi connectivity index (χ0v) is 14.4. The molecule has 0 aromatic heterocycles. The molecule has 0 amide bonds. The number of rotatable bonds is 10. The lowest BCUT2D eigenvalue weighted by Gasteiger charge is -2.27. The predicted octanol–water partition coefficient (Wildman–Crippen LogP) is 1.26. The molecule has 5 nitrogen and oxygen atoms in total. The molecule has 0 aromatic carbocycles. The molecule has 0 radical (unpaired) electrons. The van der Waals surface area contributed by atoms with Crippen molar-refractivity contribution >= 4 is 10.0 Å². The number of unbranched alkanes of at least 4 members (excludes halogenated alkanes) is 1. The van der Waals surface area contributed by atoms with Crippen LogP contribution in [0.15, 0.2) is 0 Å². The fraction of sp³-hybridized carbons (Fsp3) is 1.00. The van der Waals surface area contributed by atoms with E-state index in [1.165, 1.54) is 19.3 Å². The highest BCUT2D eigenvalue weighted by atomic mass is 32.2. The average molecular weight is 317 g/mol. The highest BCUT2D eigenvalue weighted by Gasteiger charge is 2.28. The van der Waals surface area contributed by atoms with Crippen LogP contribution >= 0.6 is 0 Å². The van der Waals surface area contributed by atoms with Crippen molar-refractivity contribution in [3.05, 3.63) is 0 Å². The van der Waals surface area contributed by atoms with Crippen LogP contribution < -0.4 is 5.32 Å². The monoisotopic (exact) mass is 317 g/mol. The van der Waals surface area contributed by atoms with E-state index in [4.69, 9.17) is 0 Å². The Morgan fingerprint density at radius 2 is 2.00 bits per heavy atom. The Morgan fingerprint density at radius 1 is 1.24 bits per heavy atom. The van der Waals surface area contributed by atoms with Crippen molar-refractivity contribution in [1.29, 1.82) is 0 Å². The lowest BCUT2D eigenvalue weighted by Crippen LogP contribution is -2.41. The number of hydrogen-bond acceptors (Lipinski definition) is 4. The molecule has 1 aliphatic heterocycles. The van der Waals surface area contributed by atoms with Gasteiger partial charge in [-0.15, -0.1) is 0 Å². The van der Waals surface area contributed by atoms with Crippen molar-refractivity contribution in [2.45, 2.75) is 57.5 Å². The first-order valence-electron chi connectivity index (χ1n) is 8.44. The van der Waals surface area contributed by atoms with Gasteiger partial charge < -0.3 is 5.32 Å². The lowest BCUT2D eigenvalue weighted by molar-refractivity contribution is 0.237. The summed E-state index contributed by atoms with van der Waals surface area (Å²) >= 11 is 0. The zero-order valence-electron chi connectivity index (χ0n) is 13.6. The van der Waals surface area contributed by atoms with E-state index in [0.29, 0.717) is 18.6 Å². The molecule has 2 fully saturated rings. The minimum absolute atomic E-state index is 0.286. The van der Waals surface area contributed by atoms with E-state index in [1.54, 1.807) is 11.4 Å². The van der Waals surface area contributed by atoms with Crippen LogP contribution in [0.3, 0.4) is 0 Å². The molecule has 0 bridgehead atoms. The fourth-order valence-electron chi connectivity index (χ4n) is 3.09. The Hall–Kier alpha value is -0.170. The summed E-state index contributed by atoms with van der Waals surface area (Å²) in [6.45, 7) is 5.89. The predicted molar refractivity (Wildman–Crippen MR) is 86.9 cm³/mol. The Morgan fingerprint density at radius 3 is 2.67 bits per heavy atom. The van der Waals surface area contributed by atoms with Crippen molar-refractivity contribution in [1.82, 2.24) is 14.5 Å². The number of likely N-dealkylation sites (N-methyl/N-ethyl adjacent to an activating group) is 2. The normalized spacial score (nSPS) is 24.0. The second-order valence-corrected chi connectivity index (χ2v) is 8.65. The third-order valence-corrected chi connectivity index (χ3v) is 6.59. The van der Waals surface area contributed by atoms with Gasteiger partial charge in [0.1, 0.15) is 0 Å². The van der Waals surface area contributed by atoms with Crippen molar-refractivity contribution in [2.75, 3.05) is 39.0 Å². The highest BCUT2D eigenvalue weighted by Crippen LogP contribution is 2.19. The van der Waals surface area contributed by atoms with Gasteiger partial charge in [0.15, 0.2) is 0 Å². The molecular formula is C15H31N3O2S. The summed E-state index contributed by atoms with van der Waals surface area (Å²) in [6.07, 6.45) is 6.60. The van der Waals surface area contributed by atoms with E-state index in [2.05, 4.69) is 17.1 Å². The van der Waals surface area contributed by atoms with E-state index in [9.17, 15) is 8.42 Å². The average Bonchev–Trinajstić information content (AvgIpc) is 3.16. The summed E-state index contributed by atoms with van der Waals surface area (Å²) in [5.41, 5.74) is 0. The van der Waals surface area contributed by atoms with Crippen LogP contribution in [0, 0.1) is 0 Å². The third-order valence-electron chi connectivity index (χ3n) is 4.69. The maximum Gasteiger partial charge on any atom is 0.213 e. The summed E-state index contributed by atoms with van der Waals surface area (Å²) < 4.78 is 26.2. The molecule has 1 saturated carbocycles. The molecule has 0 spiro atoms. The van der Waals surface area contributed by atoms with E-state index in [-0.39, 0.29) is 5.75 Å². The molecule has 2 aliphatic rings. The maximum atomic E-state index is 12.3. The van der Waals surface area contributed by atoms with Gasteiger partial charge in [0.05, 0.1) is 5.75 Å². The highest BCUT2D eigenvalue weighted by molar-refractivity contribution is 7.89. The van der Waals surface area contributed by atoms with Crippen LogP contribution in [0.1, 0.15) is 45.4 Å². The van der Waals surface area contributed by atoms with Gasteiger partial charge in [-0.3, -0.25) is 4.90 Å². The van der Waals surface area contributed by atoms with Crippen molar-refractivity contribution in [3.63, 3.8) is 0 Å². The Kier molecular flexibility index (Phi) is 6.47. The molecule has 1 unspecified atom stereocenters. The van der Waals surface area contributed by atoms with Gasteiger partial charge in [-0.25, -0.2) is 12.7 Å². The van der Waals surface area contributed by atoms with Crippen molar-refractivity contribution in [3.8, 4) is 0 Å². The summed E-state index contributed by atoms with van der Waals surface area (Å²) in [7, 11) is -1.35. The molecule has 1 heterocycles.